The van der Waals surface area contributed by atoms with Crippen LogP contribution < -0.4 is 15.4 Å². The van der Waals surface area contributed by atoms with Crippen LogP contribution in [0.2, 0.25) is 0 Å². The fourth-order valence-electron chi connectivity index (χ4n) is 2.67. The zero-order chi connectivity index (χ0) is 15.5. The van der Waals surface area contributed by atoms with Gasteiger partial charge in [0.25, 0.3) is 0 Å². The number of ether oxygens (including phenoxy) is 1. The Hall–Kier alpha value is -2.08. The molecule has 1 aromatic carbocycles. The number of carbonyl (C=O) groups excluding carboxylic acids is 2. The molecule has 1 atom stereocenters. The molecule has 21 heavy (non-hydrogen) atoms. The molecule has 0 unspecified atom stereocenters. The molecule has 0 aromatic heterocycles. The SMILES string of the molecule is CNC(=O)C(=O)NC[C@]1(O)CCCc2cc(OC)ccc21. The van der Waals surface area contributed by atoms with Gasteiger partial charge in [-0.3, -0.25) is 9.59 Å². The van der Waals surface area contributed by atoms with E-state index in [1.54, 1.807) is 13.2 Å². The molecule has 6 nitrogen and oxygen atoms in total. The Morgan fingerprint density at radius 1 is 1.38 bits per heavy atom. The number of benzene rings is 1. The van der Waals surface area contributed by atoms with E-state index in [2.05, 4.69) is 10.6 Å². The molecule has 0 spiro atoms. The van der Waals surface area contributed by atoms with Crippen molar-refractivity contribution in [2.45, 2.75) is 24.9 Å². The number of likely N-dealkylation sites (N-methyl/N-ethyl adjacent to an activating group) is 1. The second-order valence-corrected chi connectivity index (χ2v) is 5.17. The summed E-state index contributed by atoms with van der Waals surface area (Å²) in [5.41, 5.74) is 0.646. The Balaban J connectivity index is 2.17. The molecule has 114 valence electrons. The van der Waals surface area contributed by atoms with Gasteiger partial charge in [0.2, 0.25) is 0 Å². The van der Waals surface area contributed by atoms with Gasteiger partial charge < -0.3 is 20.5 Å². The molecule has 0 saturated heterocycles. The van der Waals surface area contributed by atoms with Gasteiger partial charge in [-0.2, -0.15) is 0 Å². The van der Waals surface area contributed by atoms with Crippen molar-refractivity contribution in [2.24, 2.45) is 0 Å². The van der Waals surface area contributed by atoms with Crippen molar-refractivity contribution in [3.8, 4) is 5.75 Å². The molecule has 0 aliphatic heterocycles. The van der Waals surface area contributed by atoms with E-state index in [1.165, 1.54) is 7.05 Å². The maximum Gasteiger partial charge on any atom is 0.309 e. The highest BCUT2D eigenvalue weighted by Crippen LogP contribution is 2.36. The van der Waals surface area contributed by atoms with Crippen molar-refractivity contribution in [3.05, 3.63) is 29.3 Å². The zero-order valence-electron chi connectivity index (χ0n) is 12.2. The van der Waals surface area contributed by atoms with Crippen molar-refractivity contribution >= 4 is 11.8 Å². The molecule has 1 aliphatic carbocycles. The van der Waals surface area contributed by atoms with Crippen LogP contribution in [0.5, 0.6) is 5.75 Å². The first-order chi connectivity index (χ1) is 10.00. The normalized spacial score (nSPS) is 20.3. The largest absolute Gasteiger partial charge is 0.497 e. The van der Waals surface area contributed by atoms with Gasteiger partial charge in [0.1, 0.15) is 11.4 Å². The lowest BCUT2D eigenvalue weighted by Crippen LogP contribution is -2.47. The van der Waals surface area contributed by atoms with Crippen LogP contribution in [-0.4, -0.2) is 37.6 Å². The highest BCUT2D eigenvalue weighted by Gasteiger charge is 2.35. The van der Waals surface area contributed by atoms with Crippen LogP contribution in [0.1, 0.15) is 24.0 Å². The number of hydrogen-bond acceptors (Lipinski definition) is 4. The maximum atomic E-state index is 11.5. The summed E-state index contributed by atoms with van der Waals surface area (Å²) in [6.07, 6.45) is 2.21. The van der Waals surface area contributed by atoms with Crippen molar-refractivity contribution in [3.63, 3.8) is 0 Å². The predicted molar refractivity (Wildman–Crippen MR) is 76.9 cm³/mol. The third-order valence-corrected chi connectivity index (χ3v) is 3.82. The monoisotopic (exact) mass is 292 g/mol. The first-order valence-corrected chi connectivity index (χ1v) is 6.90. The van der Waals surface area contributed by atoms with E-state index in [4.69, 9.17) is 4.74 Å². The molecule has 0 bridgehead atoms. The van der Waals surface area contributed by atoms with E-state index in [-0.39, 0.29) is 6.54 Å². The molecule has 0 fully saturated rings. The predicted octanol–water partition coefficient (Wildman–Crippen LogP) is 0.0813. The van der Waals surface area contributed by atoms with E-state index in [0.29, 0.717) is 6.42 Å². The second kappa shape index (κ2) is 6.13. The van der Waals surface area contributed by atoms with Crippen LogP contribution >= 0.6 is 0 Å². The average molecular weight is 292 g/mol. The number of aryl methyl sites for hydroxylation is 1. The van der Waals surface area contributed by atoms with Gasteiger partial charge in [-0.25, -0.2) is 0 Å². The fraction of sp³-hybridized carbons (Fsp3) is 0.467. The molecule has 3 N–H and O–H groups in total. The summed E-state index contributed by atoms with van der Waals surface area (Å²) in [5.74, 6) is -0.719. The van der Waals surface area contributed by atoms with Gasteiger partial charge in [-0.15, -0.1) is 0 Å². The summed E-state index contributed by atoms with van der Waals surface area (Å²) in [4.78, 5) is 22.7. The molecule has 1 aliphatic rings. The van der Waals surface area contributed by atoms with E-state index < -0.39 is 17.4 Å². The third-order valence-electron chi connectivity index (χ3n) is 3.82. The molecule has 0 saturated carbocycles. The average Bonchev–Trinajstić information content (AvgIpc) is 2.51. The van der Waals surface area contributed by atoms with Crippen LogP contribution in [-0.2, 0) is 21.6 Å². The second-order valence-electron chi connectivity index (χ2n) is 5.17. The number of hydrogen-bond donors (Lipinski definition) is 3. The maximum absolute atomic E-state index is 11.5. The number of fused-ring (bicyclic) bond motifs is 1. The number of carbonyl (C=O) groups is 2. The van der Waals surface area contributed by atoms with Crippen molar-refractivity contribution in [1.29, 1.82) is 0 Å². The van der Waals surface area contributed by atoms with E-state index in [1.807, 2.05) is 12.1 Å². The van der Waals surface area contributed by atoms with Gasteiger partial charge in [0.15, 0.2) is 0 Å². The summed E-state index contributed by atoms with van der Waals surface area (Å²) in [5, 5.41) is 15.5. The molecule has 0 radical (unpaired) electrons. The smallest absolute Gasteiger partial charge is 0.309 e. The van der Waals surface area contributed by atoms with Crippen LogP contribution in [0.3, 0.4) is 0 Å². The Labute approximate surface area is 123 Å². The Morgan fingerprint density at radius 2 is 2.14 bits per heavy atom. The molecular formula is C15H20N2O4. The molecule has 6 heteroatoms. The number of methoxy groups -OCH3 is 1. The third kappa shape index (κ3) is 3.16. The van der Waals surface area contributed by atoms with Crippen LogP contribution in [0.15, 0.2) is 18.2 Å². The fourth-order valence-corrected chi connectivity index (χ4v) is 2.67. The summed E-state index contributed by atoms with van der Waals surface area (Å²) >= 11 is 0. The van der Waals surface area contributed by atoms with Gasteiger partial charge in [0, 0.05) is 7.05 Å². The topological polar surface area (TPSA) is 87.7 Å². The highest BCUT2D eigenvalue weighted by atomic mass is 16.5. The minimum absolute atomic E-state index is 0.0125. The molecule has 2 rings (SSSR count). The number of amides is 2. The van der Waals surface area contributed by atoms with E-state index in [9.17, 15) is 14.7 Å². The molecule has 1 aromatic rings. The van der Waals surface area contributed by atoms with Gasteiger partial charge in [-0.1, -0.05) is 6.07 Å². The first kappa shape index (κ1) is 15.3. The standard InChI is InChI=1S/C15H20N2O4/c1-16-13(18)14(19)17-9-15(20)7-3-4-10-8-11(21-2)5-6-12(10)15/h5-6,8,20H,3-4,7,9H2,1-2H3,(H,16,18)(H,17,19)/t15-/m1/s1. The highest BCUT2D eigenvalue weighted by molar-refractivity contribution is 6.35. The van der Waals surface area contributed by atoms with Gasteiger partial charge in [0.05, 0.1) is 13.7 Å². The minimum Gasteiger partial charge on any atom is -0.497 e. The van der Waals surface area contributed by atoms with Gasteiger partial charge >= 0.3 is 11.8 Å². The number of rotatable bonds is 3. The summed E-state index contributed by atoms with van der Waals surface area (Å²) in [6, 6.07) is 5.51. The minimum atomic E-state index is -1.15. The van der Waals surface area contributed by atoms with Gasteiger partial charge in [-0.05, 0) is 42.5 Å². The van der Waals surface area contributed by atoms with Crippen LogP contribution in [0.25, 0.3) is 0 Å². The quantitative estimate of drug-likeness (QED) is 0.689. The molecule has 0 heterocycles. The zero-order valence-corrected chi connectivity index (χ0v) is 12.2. The summed E-state index contributed by atoms with van der Waals surface area (Å²) in [6.45, 7) is 0.0125. The Morgan fingerprint density at radius 3 is 2.81 bits per heavy atom. The van der Waals surface area contributed by atoms with Crippen molar-refractivity contribution < 1.29 is 19.4 Å². The molecule has 2 amide bonds. The lowest BCUT2D eigenvalue weighted by Gasteiger charge is -2.34. The van der Waals surface area contributed by atoms with Crippen LogP contribution in [0.4, 0.5) is 0 Å². The first-order valence-electron chi connectivity index (χ1n) is 6.90. The van der Waals surface area contributed by atoms with E-state index in [0.717, 1.165) is 29.7 Å². The van der Waals surface area contributed by atoms with Crippen molar-refractivity contribution in [2.75, 3.05) is 20.7 Å². The van der Waals surface area contributed by atoms with E-state index >= 15 is 0 Å². The number of nitrogens with one attached hydrogen (secondary N) is 2. The Kier molecular flexibility index (Phi) is 4.47. The molecular weight excluding hydrogens is 272 g/mol. The van der Waals surface area contributed by atoms with Crippen molar-refractivity contribution in [1.82, 2.24) is 10.6 Å². The Bertz CT molecular complexity index is 559. The lowest BCUT2D eigenvalue weighted by molar-refractivity contribution is -0.139. The summed E-state index contributed by atoms with van der Waals surface area (Å²) < 4.78 is 5.19. The summed E-state index contributed by atoms with van der Waals surface area (Å²) in [7, 11) is 2.99. The lowest BCUT2D eigenvalue weighted by atomic mass is 9.79. The van der Waals surface area contributed by atoms with Crippen LogP contribution in [0, 0.1) is 0 Å². The number of aliphatic hydroxyl groups is 1.